The Bertz CT molecular complexity index is 1820. The van der Waals surface area contributed by atoms with Gasteiger partial charge in [-0.15, -0.1) is 0 Å². The molecule has 0 amide bonds. The van der Waals surface area contributed by atoms with E-state index in [2.05, 4.69) is 148 Å². The number of rotatable bonds is 62. The number of phosphoric ester groups is 1. The van der Waals surface area contributed by atoms with Crippen molar-refractivity contribution in [3.63, 3.8) is 0 Å². The lowest BCUT2D eigenvalue weighted by molar-refractivity contribution is -0.161. The van der Waals surface area contributed by atoms with E-state index in [1.807, 2.05) is 0 Å². The molecular formula is C73H124NO8P. The van der Waals surface area contributed by atoms with Gasteiger partial charge in [0.05, 0.1) is 13.2 Å². The van der Waals surface area contributed by atoms with Crippen molar-refractivity contribution in [1.82, 2.24) is 0 Å². The Balaban J connectivity index is 3.93. The van der Waals surface area contributed by atoms with Crippen LogP contribution in [0.1, 0.15) is 284 Å². The van der Waals surface area contributed by atoms with Crippen molar-refractivity contribution in [2.24, 2.45) is 5.73 Å². The average molecular weight is 1170 g/mol. The number of phosphoric acid groups is 1. The lowest BCUT2D eigenvalue weighted by Gasteiger charge is -2.19. The highest BCUT2D eigenvalue weighted by molar-refractivity contribution is 7.47. The number of hydrogen-bond acceptors (Lipinski definition) is 8. The van der Waals surface area contributed by atoms with Crippen LogP contribution in [0.15, 0.2) is 134 Å². The maximum atomic E-state index is 12.8. The molecule has 83 heavy (non-hydrogen) atoms. The molecule has 0 bridgehead atoms. The van der Waals surface area contributed by atoms with Crippen LogP contribution in [-0.2, 0) is 32.7 Å². The van der Waals surface area contributed by atoms with Gasteiger partial charge in [-0.05, 0) is 109 Å². The van der Waals surface area contributed by atoms with Crippen LogP contribution < -0.4 is 5.73 Å². The maximum absolute atomic E-state index is 12.8. The molecule has 0 saturated heterocycles. The molecule has 10 heteroatoms. The van der Waals surface area contributed by atoms with Crippen molar-refractivity contribution in [2.45, 2.75) is 290 Å². The summed E-state index contributed by atoms with van der Waals surface area (Å²) in [5.74, 6) is -0.833. The molecule has 0 heterocycles. The minimum Gasteiger partial charge on any atom is -0.462 e. The SMILES string of the molecule is CC/C=C\C/C=C\C/C=C\C/C=C\C/C=C\C/C=C\C/C=C\CCCCCCCCCCCC(=O)OC(COC(=O)CCCCCCCCCCCCCCCCCCCC/C=C\C/C=C\C/C=C\C/C=C\CC)COP(=O)(O)OCCN. The van der Waals surface area contributed by atoms with Gasteiger partial charge in [0.2, 0.25) is 0 Å². The third kappa shape index (κ3) is 67.2. The number of allylic oxidation sites excluding steroid dienone is 22. The molecule has 0 spiro atoms. The molecule has 0 aromatic rings. The molecule has 9 nitrogen and oxygen atoms in total. The summed E-state index contributed by atoms with van der Waals surface area (Å²) in [7, 11) is -4.40. The predicted octanol–water partition coefficient (Wildman–Crippen LogP) is 22.1. The molecule has 0 aromatic carbocycles. The van der Waals surface area contributed by atoms with Gasteiger partial charge in [0, 0.05) is 19.4 Å². The van der Waals surface area contributed by atoms with Gasteiger partial charge in [-0.2, -0.15) is 0 Å². The molecule has 0 aliphatic carbocycles. The Morgan fingerprint density at radius 3 is 0.928 bits per heavy atom. The van der Waals surface area contributed by atoms with Crippen LogP contribution in [0.25, 0.3) is 0 Å². The van der Waals surface area contributed by atoms with Crippen molar-refractivity contribution in [1.29, 1.82) is 0 Å². The highest BCUT2D eigenvalue weighted by Gasteiger charge is 2.26. The number of hydrogen-bond donors (Lipinski definition) is 2. The number of carbonyl (C=O) groups is 2. The fraction of sp³-hybridized carbons (Fsp3) is 0.671. The smallest absolute Gasteiger partial charge is 0.462 e. The number of carbonyl (C=O) groups excluding carboxylic acids is 2. The molecule has 0 saturated carbocycles. The van der Waals surface area contributed by atoms with E-state index in [0.29, 0.717) is 6.42 Å². The van der Waals surface area contributed by atoms with Crippen LogP contribution in [0.5, 0.6) is 0 Å². The summed E-state index contributed by atoms with van der Waals surface area (Å²) in [5, 5.41) is 0. The summed E-state index contributed by atoms with van der Waals surface area (Å²) in [6.45, 7) is 3.53. The summed E-state index contributed by atoms with van der Waals surface area (Å²) in [6.07, 6.45) is 95.3. The van der Waals surface area contributed by atoms with Gasteiger partial charge in [-0.25, -0.2) is 4.57 Å². The quantitative estimate of drug-likeness (QED) is 0.0264. The third-order valence-electron chi connectivity index (χ3n) is 14.0. The van der Waals surface area contributed by atoms with Gasteiger partial charge in [0.15, 0.2) is 6.10 Å². The largest absolute Gasteiger partial charge is 0.472 e. The summed E-state index contributed by atoms with van der Waals surface area (Å²) in [4.78, 5) is 35.3. The van der Waals surface area contributed by atoms with E-state index < -0.39 is 26.5 Å². The van der Waals surface area contributed by atoms with Gasteiger partial charge < -0.3 is 20.1 Å². The summed E-state index contributed by atoms with van der Waals surface area (Å²) in [6, 6.07) is 0. The van der Waals surface area contributed by atoms with Gasteiger partial charge >= 0.3 is 19.8 Å². The maximum Gasteiger partial charge on any atom is 0.472 e. The molecule has 474 valence electrons. The number of unbranched alkanes of at least 4 members (excludes halogenated alkanes) is 27. The Morgan fingerprint density at radius 1 is 0.361 bits per heavy atom. The van der Waals surface area contributed by atoms with E-state index >= 15 is 0 Å². The normalized spacial score (nSPS) is 13.8. The molecule has 0 aromatic heterocycles. The summed E-state index contributed by atoms with van der Waals surface area (Å²) < 4.78 is 33.2. The van der Waals surface area contributed by atoms with Crippen LogP contribution in [0.4, 0.5) is 0 Å². The van der Waals surface area contributed by atoms with Gasteiger partial charge in [0.1, 0.15) is 6.61 Å². The fourth-order valence-electron chi connectivity index (χ4n) is 9.14. The van der Waals surface area contributed by atoms with Crippen molar-refractivity contribution in [2.75, 3.05) is 26.4 Å². The van der Waals surface area contributed by atoms with Crippen molar-refractivity contribution in [3.8, 4) is 0 Å². The van der Waals surface area contributed by atoms with Crippen molar-refractivity contribution < 1.29 is 37.6 Å². The minimum absolute atomic E-state index is 0.0472. The second kappa shape index (κ2) is 67.3. The Hall–Kier alpha value is -3.85. The number of esters is 2. The molecule has 0 radical (unpaired) electrons. The topological polar surface area (TPSA) is 134 Å². The zero-order valence-corrected chi connectivity index (χ0v) is 54.0. The molecule has 3 N–H and O–H groups in total. The lowest BCUT2D eigenvalue weighted by Crippen LogP contribution is -2.29. The van der Waals surface area contributed by atoms with E-state index in [1.54, 1.807) is 0 Å². The van der Waals surface area contributed by atoms with E-state index in [0.717, 1.165) is 116 Å². The van der Waals surface area contributed by atoms with Gasteiger partial charge in [-0.3, -0.25) is 18.6 Å². The van der Waals surface area contributed by atoms with E-state index in [9.17, 15) is 19.0 Å². The number of nitrogens with two attached hydrogens (primary N) is 1. The Labute approximate surface area is 510 Å². The number of ether oxygens (including phenoxy) is 2. The van der Waals surface area contributed by atoms with E-state index in [1.165, 1.54) is 135 Å². The highest BCUT2D eigenvalue weighted by Crippen LogP contribution is 2.43. The molecule has 2 unspecified atom stereocenters. The summed E-state index contributed by atoms with van der Waals surface area (Å²) in [5.41, 5.74) is 5.40. The van der Waals surface area contributed by atoms with Crippen LogP contribution in [0, 0.1) is 0 Å². The monoisotopic (exact) mass is 1170 g/mol. The van der Waals surface area contributed by atoms with E-state index in [-0.39, 0.29) is 38.6 Å². The standard InChI is InChI=1S/C73H124NO8P/c1-3-5-7-9-11-13-15-17-19-21-23-25-27-29-31-33-35-37-39-41-43-45-47-49-51-53-55-57-59-61-63-65-72(75)79-69-71(70-81-83(77,78)80-68-67-74)82-73(76)66-64-62-60-58-56-54-52-50-48-46-44-42-40-38-36-34-32-30-28-26-24-22-20-18-16-14-12-10-8-6-4-2/h5-8,11-14,17-20,23-26,30,32,36,38,42,44,71H,3-4,9-10,15-16,21-22,27-29,31,33-35,37,39-41,43,45-70,74H2,1-2H3,(H,77,78)/b7-5-,8-6-,13-11-,14-12-,19-17-,20-18-,25-23-,26-24-,32-30-,38-36-,44-42-. The fourth-order valence-corrected chi connectivity index (χ4v) is 9.90. The second-order valence-corrected chi connectivity index (χ2v) is 23.4. The molecule has 2 atom stereocenters. The van der Waals surface area contributed by atoms with Crippen LogP contribution in [0.2, 0.25) is 0 Å². The molecule has 0 aliphatic rings. The zero-order valence-electron chi connectivity index (χ0n) is 53.1. The molecule has 0 rings (SSSR count). The zero-order chi connectivity index (χ0) is 60.1. The lowest BCUT2D eigenvalue weighted by atomic mass is 10.0. The molecule has 0 aliphatic heterocycles. The first-order valence-corrected chi connectivity index (χ1v) is 35.2. The molecule has 0 fully saturated rings. The van der Waals surface area contributed by atoms with Gasteiger partial charge in [0.25, 0.3) is 0 Å². The summed E-state index contributed by atoms with van der Waals surface area (Å²) >= 11 is 0. The van der Waals surface area contributed by atoms with Crippen LogP contribution in [0.3, 0.4) is 0 Å². The van der Waals surface area contributed by atoms with Gasteiger partial charge in [-0.1, -0.05) is 295 Å². The van der Waals surface area contributed by atoms with Crippen LogP contribution >= 0.6 is 7.82 Å². The average Bonchev–Trinajstić information content (AvgIpc) is 3.48. The third-order valence-corrected chi connectivity index (χ3v) is 15.0. The van der Waals surface area contributed by atoms with Crippen molar-refractivity contribution >= 4 is 19.8 Å². The highest BCUT2D eigenvalue weighted by atomic mass is 31.2. The predicted molar refractivity (Wildman–Crippen MR) is 357 cm³/mol. The minimum atomic E-state index is -4.40. The first kappa shape index (κ1) is 79.2. The first-order chi connectivity index (χ1) is 40.8. The molecular weight excluding hydrogens is 1050 g/mol. The Kier molecular flexibility index (Phi) is 64.2. The van der Waals surface area contributed by atoms with Crippen molar-refractivity contribution in [3.05, 3.63) is 134 Å². The van der Waals surface area contributed by atoms with E-state index in [4.69, 9.17) is 24.3 Å². The first-order valence-electron chi connectivity index (χ1n) is 33.7. The van der Waals surface area contributed by atoms with Crippen LogP contribution in [-0.4, -0.2) is 49.3 Å². The second-order valence-electron chi connectivity index (χ2n) is 21.9. The Morgan fingerprint density at radius 2 is 0.627 bits per heavy atom.